The molecule has 1 saturated heterocycles. The third-order valence-corrected chi connectivity index (χ3v) is 4.13. The first-order valence-electron chi connectivity index (χ1n) is 8.47. The lowest BCUT2D eigenvalue weighted by Gasteiger charge is -2.25. The molecule has 2 heterocycles. The third-order valence-electron chi connectivity index (χ3n) is 4.13. The summed E-state index contributed by atoms with van der Waals surface area (Å²) >= 11 is 0. The number of rotatable bonds is 6. The lowest BCUT2D eigenvalue weighted by molar-refractivity contribution is 0.239. The van der Waals surface area contributed by atoms with Gasteiger partial charge in [-0.05, 0) is 32.1 Å². The number of aromatic hydroxyl groups is 1. The van der Waals surface area contributed by atoms with Crippen molar-refractivity contribution in [3.05, 3.63) is 26.4 Å². The Balaban J connectivity index is 2.44. The van der Waals surface area contributed by atoms with E-state index in [9.17, 15) is 14.7 Å². The Kier molecular flexibility index (Phi) is 6.01. The second-order valence-corrected chi connectivity index (χ2v) is 5.88. The summed E-state index contributed by atoms with van der Waals surface area (Å²) < 4.78 is 1.22. The maximum atomic E-state index is 12.2. The molecule has 23 heavy (non-hydrogen) atoms. The molecule has 0 radical (unpaired) electrons. The average Bonchev–Trinajstić information content (AvgIpc) is 2.54. The number of nitrogens with zero attached hydrogens (tertiary/aromatic N) is 3. The van der Waals surface area contributed by atoms with Crippen LogP contribution in [0.15, 0.2) is 14.7 Å². The van der Waals surface area contributed by atoms with Gasteiger partial charge in [0.25, 0.3) is 5.56 Å². The first-order valence-corrected chi connectivity index (χ1v) is 8.47. The molecule has 0 aliphatic carbocycles. The monoisotopic (exact) mass is 322 g/mol. The lowest BCUT2D eigenvalue weighted by atomic mass is 10.1. The standard InChI is InChI=1S/C16H26N4O3/c1-3-5-11-20-15(22)13(14(21)17-16(20)23)12(4-2)18-19-9-7-6-8-10-19/h22H,3-11H2,1-2H3,(H,17,21,23)/b18-12+. The highest BCUT2D eigenvalue weighted by molar-refractivity contribution is 6.01. The zero-order valence-electron chi connectivity index (χ0n) is 14.0. The number of piperidine rings is 1. The summed E-state index contributed by atoms with van der Waals surface area (Å²) in [6.45, 7) is 5.99. The van der Waals surface area contributed by atoms with E-state index in [4.69, 9.17) is 0 Å². The van der Waals surface area contributed by atoms with Crippen LogP contribution in [0.5, 0.6) is 5.88 Å². The van der Waals surface area contributed by atoms with Gasteiger partial charge in [-0.2, -0.15) is 5.10 Å². The minimum absolute atomic E-state index is 0.119. The number of H-pyrrole nitrogens is 1. The molecule has 0 spiro atoms. The van der Waals surface area contributed by atoms with Crippen molar-refractivity contribution in [3.63, 3.8) is 0 Å². The van der Waals surface area contributed by atoms with E-state index in [2.05, 4.69) is 10.1 Å². The van der Waals surface area contributed by atoms with Crippen LogP contribution in [0.4, 0.5) is 0 Å². The number of hydrazone groups is 1. The molecule has 1 aromatic rings. The number of aromatic amines is 1. The van der Waals surface area contributed by atoms with Gasteiger partial charge in [-0.15, -0.1) is 0 Å². The maximum Gasteiger partial charge on any atom is 0.331 e. The van der Waals surface area contributed by atoms with E-state index < -0.39 is 11.2 Å². The zero-order chi connectivity index (χ0) is 16.8. The topological polar surface area (TPSA) is 90.7 Å². The Labute approximate surface area is 135 Å². The van der Waals surface area contributed by atoms with E-state index in [0.29, 0.717) is 18.7 Å². The van der Waals surface area contributed by atoms with Crippen molar-refractivity contribution >= 4 is 5.71 Å². The highest BCUT2D eigenvalue weighted by atomic mass is 16.3. The van der Waals surface area contributed by atoms with E-state index in [0.717, 1.165) is 38.8 Å². The predicted octanol–water partition coefficient (Wildman–Crippen LogP) is 1.64. The quantitative estimate of drug-likeness (QED) is 0.779. The highest BCUT2D eigenvalue weighted by Crippen LogP contribution is 2.16. The van der Waals surface area contributed by atoms with Crippen LogP contribution in [-0.4, -0.2) is 38.5 Å². The Morgan fingerprint density at radius 1 is 1.22 bits per heavy atom. The van der Waals surface area contributed by atoms with E-state index in [1.54, 1.807) is 0 Å². The van der Waals surface area contributed by atoms with Crippen molar-refractivity contribution in [2.75, 3.05) is 13.1 Å². The fraction of sp³-hybridized carbons (Fsp3) is 0.688. The number of hydrogen-bond donors (Lipinski definition) is 2. The van der Waals surface area contributed by atoms with Gasteiger partial charge in [0.15, 0.2) is 0 Å². The van der Waals surface area contributed by atoms with Gasteiger partial charge in [0.2, 0.25) is 5.88 Å². The summed E-state index contributed by atoms with van der Waals surface area (Å²) in [6.07, 6.45) is 5.52. The summed E-state index contributed by atoms with van der Waals surface area (Å²) in [5.41, 5.74) is -0.499. The van der Waals surface area contributed by atoms with Crippen LogP contribution in [-0.2, 0) is 6.54 Å². The van der Waals surface area contributed by atoms with Crippen LogP contribution in [0, 0.1) is 0 Å². The van der Waals surface area contributed by atoms with Crippen molar-refractivity contribution in [1.29, 1.82) is 0 Å². The maximum absolute atomic E-state index is 12.2. The molecule has 0 amide bonds. The van der Waals surface area contributed by atoms with Crippen molar-refractivity contribution in [2.45, 2.75) is 58.9 Å². The molecule has 0 unspecified atom stereocenters. The minimum Gasteiger partial charge on any atom is -0.494 e. The van der Waals surface area contributed by atoms with Crippen LogP contribution >= 0.6 is 0 Å². The first-order chi connectivity index (χ1) is 11.1. The van der Waals surface area contributed by atoms with Crippen LogP contribution in [0.3, 0.4) is 0 Å². The van der Waals surface area contributed by atoms with Gasteiger partial charge in [-0.1, -0.05) is 20.3 Å². The van der Waals surface area contributed by atoms with Crippen LogP contribution < -0.4 is 11.2 Å². The van der Waals surface area contributed by atoms with E-state index in [1.807, 2.05) is 18.9 Å². The SMILES string of the molecule is CCCCn1c(O)c(/C(CC)=N/N2CCCCC2)c(=O)[nH]c1=O. The summed E-state index contributed by atoms with van der Waals surface area (Å²) in [6, 6.07) is 0. The molecule has 7 nitrogen and oxygen atoms in total. The molecule has 1 aliphatic heterocycles. The van der Waals surface area contributed by atoms with Gasteiger partial charge in [0.1, 0.15) is 5.56 Å². The summed E-state index contributed by atoms with van der Waals surface area (Å²) in [4.78, 5) is 26.4. The largest absolute Gasteiger partial charge is 0.494 e. The number of hydrogen-bond acceptors (Lipinski definition) is 5. The second kappa shape index (κ2) is 7.99. The number of aromatic nitrogens is 2. The Morgan fingerprint density at radius 3 is 2.52 bits per heavy atom. The molecule has 2 N–H and O–H groups in total. The van der Waals surface area contributed by atoms with E-state index >= 15 is 0 Å². The Morgan fingerprint density at radius 2 is 1.91 bits per heavy atom. The molecular weight excluding hydrogens is 296 g/mol. The van der Waals surface area contributed by atoms with Gasteiger partial charge < -0.3 is 5.11 Å². The lowest BCUT2D eigenvalue weighted by Crippen LogP contribution is -2.35. The zero-order valence-corrected chi connectivity index (χ0v) is 14.0. The van der Waals surface area contributed by atoms with Crippen LogP contribution in [0.1, 0.15) is 57.9 Å². The number of unbranched alkanes of at least 4 members (excludes halogenated alkanes) is 1. The predicted molar refractivity (Wildman–Crippen MR) is 90.1 cm³/mol. The molecule has 2 rings (SSSR count). The fourth-order valence-electron chi connectivity index (χ4n) is 2.79. The molecule has 1 fully saturated rings. The molecule has 128 valence electrons. The van der Waals surface area contributed by atoms with Crippen molar-refractivity contribution in [2.24, 2.45) is 5.10 Å². The van der Waals surface area contributed by atoms with Gasteiger partial charge in [0.05, 0.1) is 5.71 Å². The summed E-state index contributed by atoms with van der Waals surface area (Å²) in [7, 11) is 0. The van der Waals surface area contributed by atoms with Crippen molar-refractivity contribution < 1.29 is 5.11 Å². The molecule has 0 atom stereocenters. The minimum atomic E-state index is -0.571. The molecule has 0 aromatic carbocycles. The first kappa shape index (κ1) is 17.3. The molecule has 7 heteroatoms. The third kappa shape index (κ3) is 4.03. The van der Waals surface area contributed by atoms with E-state index in [-0.39, 0.29) is 11.4 Å². The second-order valence-electron chi connectivity index (χ2n) is 5.88. The molecular formula is C16H26N4O3. The fourth-order valence-corrected chi connectivity index (χ4v) is 2.79. The van der Waals surface area contributed by atoms with Gasteiger partial charge >= 0.3 is 5.69 Å². The highest BCUT2D eigenvalue weighted by Gasteiger charge is 2.19. The normalized spacial score (nSPS) is 15.9. The summed E-state index contributed by atoms with van der Waals surface area (Å²) in [5, 5.41) is 17.0. The smallest absolute Gasteiger partial charge is 0.331 e. The molecule has 0 saturated carbocycles. The van der Waals surface area contributed by atoms with Crippen molar-refractivity contribution in [3.8, 4) is 5.88 Å². The summed E-state index contributed by atoms with van der Waals surface area (Å²) in [5.74, 6) is -0.273. The average molecular weight is 322 g/mol. The molecule has 1 aromatic heterocycles. The van der Waals surface area contributed by atoms with Gasteiger partial charge in [0, 0.05) is 19.6 Å². The molecule has 1 aliphatic rings. The van der Waals surface area contributed by atoms with E-state index in [1.165, 1.54) is 11.0 Å². The Hall–Kier alpha value is -2.05. The molecule has 0 bridgehead atoms. The van der Waals surface area contributed by atoms with Crippen LogP contribution in [0.2, 0.25) is 0 Å². The van der Waals surface area contributed by atoms with Crippen molar-refractivity contribution in [1.82, 2.24) is 14.6 Å². The van der Waals surface area contributed by atoms with Gasteiger partial charge in [-0.25, -0.2) is 4.79 Å². The van der Waals surface area contributed by atoms with Gasteiger partial charge in [-0.3, -0.25) is 19.4 Å². The van der Waals surface area contributed by atoms with Crippen LogP contribution in [0.25, 0.3) is 0 Å². The Bertz CT molecular complexity index is 669. The number of nitrogens with one attached hydrogen (secondary N) is 1.